The van der Waals surface area contributed by atoms with Crippen LogP contribution in [-0.4, -0.2) is 84.5 Å². The Morgan fingerprint density at radius 3 is 3.00 bits per heavy atom. The first-order chi connectivity index (χ1) is 12.7. The number of hydrogen-bond acceptors (Lipinski definition) is 8. The summed E-state index contributed by atoms with van der Waals surface area (Å²) in [5, 5.41) is 10.2. The van der Waals surface area contributed by atoms with Crippen molar-refractivity contribution < 1.29 is 14.4 Å². The Kier molecular flexibility index (Phi) is 5.49. The first-order valence-electron chi connectivity index (χ1n) is 9.17. The number of carbonyl (C=O) groups is 1. The van der Waals surface area contributed by atoms with E-state index in [1.165, 1.54) is 0 Å². The van der Waals surface area contributed by atoms with E-state index in [0.29, 0.717) is 18.7 Å². The van der Waals surface area contributed by atoms with Crippen molar-refractivity contribution in [2.75, 3.05) is 52.5 Å². The maximum absolute atomic E-state index is 12.4. The summed E-state index contributed by atoms with van der Waals surface area (Å²) in [5.74, 6) is -0.103. The number of aromatic nitrogens is 1. The largest absolute Gasteiger partial charge is 0.387 e. The molecule has 2 fully saturated rings. The van der Waals surface area contributed by atoms with Crippen LogP contribution in [0, 0.1) is 0 Å². The number of hydrogen-bond donors (Lipinski definition) is 1. The standard InChI is InChI=1S/C17H25N5O3S/c23-16(19-2-5-21-6-8-24-9-7-21)14-11-17(25-20-14)1-4-22(13-17)12-15-18-3-10-26-15/h3,10H,1-2,4-9,11-13H2,(H,19,23)/t17-/m0/s1. The second-order valence-corrected chi connectivity index (χ2v) is 8.06. The number of nitrogens with one attached hydrogen (secondary N) is 1. The fourth-order valence-corrected chi connectivity index (χ4v) is 4.36. The van der Waals surface area contributed by atoms with Gasteiger partial charge in [-0.15, -0.1) is 11.3 Å². The minimum Gasteiger partial charge on any atom is -0.387 e. The Hall–Kier alpha value is -1.55. The lowest BCUT2D eigenvalue weighted by Gasteiger charge is -2.26. The molecule has 1 aromatic heterocycles. The highest BCUT2D eigenvalue weighted by Gasteiger charge is 2.46. The molecular formula is C17H25N5O3S. The Morgan fingerprint density at radius 2 is 2.19 bits per heavy atom. The maximum atomic E-state index is 12.4. The monoisotopic (exact) mass is 379 g/mol. The number of thiazole rings is 1. The number of amides is 1. The molecule has 142 valence electrons. The SMILES string of the molecule is O=C(NCCN1CCOCC1)C1=NO[C@@]2(CCN(Cc3nccs3)C2)C1. The van der Waals surface area contributed by atoms with Crippen LogP contribution in [0.2, 0.25) is 0 Å². The van der Waals surface area contributed by atoms with E-state index in [4.69, 9.17) is 9.57 Å². The third-order valence-corrected chi connectivity index (χ3v) is 5.92. The topological polar surface area (TPSA) is 79.3 Å². The Bertz CT molecular complexity index is 647. The second kappa shape index (κ2) is 7.99. The number of morpholine rings is 1. The molecule has 0 saturated carbocycles. The van der Waals surface area contributed by atoms with Crippen LogP contribution in [0.25, 0.3) is 0 Å². The van der Waals surface area contributed by atoms with Gasteiger partial charge in [0.2, 0.25) is 0 Å². The highest BCUT2D eigenvalue weighted by Crippen LogP contribution is 2.34. The van der Waals surface area contributed by atoms with Gasteiger partial charge in [-0.05, 0) is 0 Å². The van der Waals surface area contributed by atoms with Crippen LogP contribution in [0.3, 0.4) is 0 Å². The van der Waals surface area contributed by atoms with Gasteiger partial charge in [0.1, 0.15) is 10.7 Å². The van der Waals surface area contributed by atoms with Gasteiger partial charge in [-0.1, -0.05) is 5.16 Å². The van der Waals surface area contributed by atoms with Gasteiger partial charge in [-0.3, -0.25) is 14.6 Å². The summed E-state index contributed by atoms with van der Waals surface area (Å²) in [6, 6.07) is 0. The van der Waals surface area contributed by atoms with Crippen molar-refractivity contribution in [2.24, 2.45) is 5.16 Å². The minimum atomic E-state index is -0.339. The van der Waals surface area contributed by atoms with Gasteiger partial charge in [0, 0.05) is 63.7 Å². The molecule has 0 aliphatic carbocycles. The van der Waals surface area contributed by atoms with E-state index < -0.39 is 0 Å². The lowest BCUT2D eigenvalue weighted by atomic mass is 9.96. The zero-order valence-corrected chi connectivity index (χ0v) is 15.7. The van der Waals surface area contributed by atoms with Crippen molar-refractivity contribution in [3.8, 4) is 0 Å². The molecule has 3 aliphatic heterocycles. The summed E-state index contributed by atoms with van der Waals surface area (Å²) >= 11 is 1.67. The van der Waals surface area contributed by atoms with E-state index in [2.05, 4.69) is 25.3 Å². The summed E-state index contributed by atoms with van der Waals surface area (Å²) < 4.78 is 5.33. The fourth-order valence-electron chi connectivity index (χ4n) is 3.70. The van der Waals surface area contributed by atoms with Crippen LogP contribution in [0.4, 0.5) is 0 Å². The molecule has 1 N–H and O–H groups in total. The smallest absolute Gasteiger partial charge is 0.269 e. The van der Waals surface area contributed by atoms with Crippen LogP contribution in [-0.2, 0) is 20.9 Å². The Morgan fingerprint density at radius 1 is 1.31 bits per heavy atom. The molecule has 0 aromatic carbocycles. The molecule has 0 bridgehead atoms. The van der Waals surface area contributed by atoms with Crippen LogP contribution in [0.1, 0.15) is 17.8 Å². The second-order valence-electron chi connectivity index (χ2n) is 7.09. The van der Waals surface area contributed by atoms with Crippen molar-refractivity contribution in [3.63, 3.8) is 0 Å². The Balaban J connectivity index is 1.21. The summed E-state index contributed by atoms with van der Waals surface area (Å²) in [6.45, 7) is 7.45. The molecule has 9 heteroatoms. The molecule has 0 unspecified atom stereocenters. The van der Waals surface area contributed by atoms with Gasteiger partial charge in [0.15, 0.2) is 5.60 Å². The molecule has 4 rings (SSSR count). The summed E-state index contributed by atoms with van der Waals surface area (Å²) in [6.07, 6.45) is 3.32. The number of likely N-dealkylation sites (tertiary alicyclic amines) is 1. The molecule has 2 saturated heterocycles. The molecule has 4 heterocycles. The molecule has 1 spiro atoms. The van der Waals surface area contributed by atoms with E-state index in [1.54, 1.807) is 11.3 Å². The highest BCUT2D eigenvalue weighted by molar-refractivity contribution is 7.09. The van der Waals surface area contributed by atoms with Gasteiger partial charge in [-0.25, -0.2) is 4.98 Å². The fraction of sp³-hybridized carbons (Fsp3) is 0.706. The molecule has 0 radical (unpaired) electrons. The predicted octanol–water partition coefficient (Wildman–Crippen LogP) is 0.312. The van der Waals surface area contributed by atoms with Crippen molar-refractivity contribution >= 4 is 23.0 Å². The molecule has 26 heavy (non-hydrogen) atoms. The van der Waals surface area contributed by atoms with E-state index in [9.17, 15) is 4.79 Å². The Labute approximate surface area is 157 Å². The van der Waals surface area contributed by atoms with Crippen LogP contribution in [0.5, 0.6) is 0 Å². The molecule has 1 atom stereocenters. The van der Waals surface area contributed by atoms with Crippen LogP contribution >= 0.6 is 11.3 Å². The zero-order valence-electron chi connectivity index (χ0n) is 14.9. The van der Waals surface area contributed by atoms with Crippen molar-refractivity contribution in [3.05, 3.63) is 16.6 Å². The molecule has 1 amide bonds. The lowest BCUT2D eigenvalue weighted by Crippen LogP contribution is -2.43. The minimum absolute atomic E-state index is 0.103. The lowest BCUT2D eigenvalue weighted by molar-refractivity contribution is -0.115. The molecule has 3 aliphatic rings. The predicted molar refractivity (Wildman–Crippen MR) is 98.1 cm³/mol. The van der Waals surface area contributed by atoms with Crippen molar-refractivity contribution in [1.82, 2.24) is 20.1 Å². The highest BCUT2D eigenvalue weighted by atomic mass is 32.1. The van der Waals surface area contributed by atoms with Crippen LogP contribution < -0.4 is 5.32 Å². The van der Waals surface area contributed by atoms with Gasteiger partial charge >= 0.3 is 0 Å². The number of ether oxygens (including phenoxy) is 1. The molecule has 8 nitrogen and oxygen atoms in total. The maximum Gasteiger partial charge on any atom is 0.269 e. The summed E-state index contributed by atoms with van der Waals surface area (Å²) in [7, 11) is 0. The van der Waals surface area contributed by atoms with E-state index in [-0.39, 0.29) is 11.5 Å². The van der Waals surface area contributed by atoms with Gasteiger partial charge in [-0.2, -0.15) is 0 Å². The van der Waals surface area contributed by atoms with Gasteiger partial charge in [0.25, 0.3) is 5.91 Å². The third kappa shape index (κ3) is 4.22. The van der Waals surface area contributed by atoms with Crippen molar-refractivity contribution in [1.29, 1.82) is 0 Å². The van der Waals surface area contributed by atoms with Crippen LogP contribution in [0.15, 0.2) is 16.7 Å². The first-order valence-corrected chi connectivity index (χ1v) is 10.0. The average Bonchev–Trinajstić information content (AvgIpc) is 3.39. The number of nitrogens with zero attached hydrogens (tertiary/aromatic N) is 4. The third-order valence-electron chi connectivity index (χ3n) is 5.16. The first kappa shape index (κ1) is 17.8. The van der Waals surface area contributed by atoms with Gasteiger partial charge < -0.3 is 14.9 Å². The summed E-state index contributed by atoms with van der Waals surface area (Å²) in [4.78, 5) is 27.1. The number of oxime groups is 1. The molecule has 1 aromatic rings. The molecular weight excluding hydrogens is 354 g/mol. The van der Waals surface area contributed by atoms with E-state index in [1.807, 2.05) is 11.6 Å². The number of rotatable bonds is 6. The quantitative estimate of drug-likeness (QED) is 0.767. The summed E-state index contributed by atoms with van der Waals surface area (Å²) in [5.41, 5.74) is 0.178. The normalized spacial score (nSPS) is 26.8. The van der Waals surface area contributed by atoms with E-state index in [0.717, 1.165) is 63.9 Å². The van der Waals surface area contributed by atoms with Gasteiger partial charge in [0.05, 0.1) is 19.8 Å². The van der Waals surface area contributed by atoms with Crippen molar-refractivity contribution in [2.45, 2.75) is 25.0 Å². The number of carbonyl (C=O) groups excluding carboxylic acids is 1. The van der Waals surface area contributed by atoms with E-state index >= 15 is 0 Å². The average molecular weight is 379 g/mol. The zero-order chi connectivity index (χ0) is 17.8.